The summed E-state index contributed by atoms with van der Waals surface area (Å²) in [6.45, 7) is 6.26. The van der Waals surface area contributed by atoms with E-state index in [1.165, 1.54) is 83.5 Å². The van der Waals surface area contributed by atoms with Crippen molar-refractivity contribution < 1.29 is 24.5 Å². The number of carbonyl (C=O) groups is 2. The van der Waals surface area contributed by atoms with Gasteiger partial charge in [0, 0.05) is 6.42 Å². The van der Waals surface area contributed by atoms with Crippen LogP contribution in [0.4, 0.5) is 0 Å². The highest BCUT2D eigenvalue weighted by molar-refractivity contribution is 5.77. The third kappa shape index (κ3) is 49.2. The summed E-state index contributed by atoms with van der Waals surface area (Å²) in [5.41, 5.74) is 0. The monoisotopic (exact) mass is 946 g/mol. The molecule has 68 heavy (non-hydrogen) atoms. The average molecular weight is 947 g/mol. The van der Waals surface area contributed by atoms with Crippen LogP contribution in [-0.2, 0) is 14.3 Å². The van der Waals surface area contributed by atoms with E-state index in [0.717, 1.165) is 128 Å². The van der Waals surface area contributed by atoms with E-state index < -0.39 is 18.2 Å². The van der Waals surface area contributed by atoms with Gasteiger partial charge >= 0.3 is 5.97 Å². The Morgan fingerprint density at radius 3 is 1.21 bits per heavy atom. The van der Waals surface area contributed by atoms with Crippen LogP contribution in [0.25, 0.3) is 0 Å². The summed E-state index contributed by atoms with van der Waals surface area (Å²) >= 11 is 0. The van der Waals surface area contributed by atoms with Gasteiger partial charge in [0.1, 0.15) is 6.10 Å². The molecule has 0 bridgehead atoms. The number of esters is 1. The lowest BCUT2D eigenvalue weighted by atomic mass is 10.0. The lowest BCUT2D eigenvalue weighted by Crippen LogP contribution is -2.46. The molecule has 3 atom stereocenters. The molecule has 0 aliphatic carbocycles. The second-order valence-electron chi connectivity index (χ2n) is 18.9. The third-order valence-corrected chi connectivity index (χ3v) is 12.4. The quantitative estimate of drug-likeness (QED) is 0.0321. The van der Waals surface area contributed by atoms with E-state index in [0.29, 0.717) is 19.3 Å². The first kappa shape index (κ1) is 64.8. The molecule has 0 radical (unpaired) electrons. The Kier molecular flexibility index (Phi) is 52.1. The van der Waals surface area contributed by atoms with Gasteiger partial charge in [-0.15, -0.1) is 0 Å². The van der Waals surface area contributed by atoms with E-state index in [9.17, 15) is 19.8 Å². The Hall–Kier alpha value is -3.22. The van der Waals surface area contributed by atoms with Gasteiger partial charge in [-0.3, -0.25) is 9.59 Å². The molecule has 0 aromatic heterocycles. The molecule has 390 valence electrons. The first-order valence-corrected chi connectivity index (χ1v) is 28.5. The van der Waals surface area contributed by atoms with E-state index in [1.54, 1.807) is 0 Å². The van der Waals surface area contributed by atoms with Crippen molar-refractivity contribution in [2.75, 3.05) is 6.61 Å². The number of aliphatic hydroxyl groups is 2. The lowest BCUT2D eigenvalue weighted by Gasteiger charge is -2.24. The van der Waals surface area contributed by atoms with Crippen LogP contribution < -0.4 is 5.32 Å². The van der Waals surface area contributed by atoms with Crippen molar-refractivity contribution in [1.82, 2.24) is 5.32 Å². The lowest BCUT2D eigenvalue weighted by molar-refractivity contribution is -0.151. The molecule has 3 N–H and O–H groups in total. The van der Waals surface area contributed by atoms with Crippen molar-refractivity contribution in [1.29, 1.82) is 0 Å². The maximum atomic E-state index is 13.3. The largest absolute Gasteiger partial charge is 0.462 e. The maximum absolute atomic E-state index is 13.3. The van der Waals surface area contributed by atoms with Crippen molar-refractivity contribution >= 4 is 11.9 Å². The summed E-state index contributed by atoms with van der Waals surface area (Å²) in [4.78, 5) is 26.3. The molecule has 3 unspecified atom stereocenters. The van der Waals surface area contributed by atoms with Gasteiger partial charge < -0.3 is 20.3 Å². The SMILES string of the molecule is CC/C=C\C/C=C\C/C=C\C/C=C\C/C=C\CCCCCC(=O)OC(CCCCCC/C=C/C/C=C/C/C=C/CC)CC(=O)NC(CO)C(O)CCCCCCCCCCCCCCCCCC. The number of amides is 1. The van der Waals surface area contributed by atoms with Crippen molar-refractivity contribution in [3.63, 3.8) is 0 Å². The van der Waals surface area contributed by atoms with E-state index in [2.05, 4.69) is 123 Å². The molecule has 0 aromatic carbocycles. The minimum absolute atomic E-state index is 0.0442. The minimum Gasteiger partial charge on any atom is -0.462 e. The molecule has 0 aromatic rings. The summed E-state index contributed by atoms with van der Waals surface area (Å²) in [6.07, 6.45) is 73.3. The zero-order valence-corrected chi connectivity index (χ0v) is 44.5. The van der Waals surface area contributed by atoms with Gasteiger partial charge in [-0.1, -0.05) is 240 Å². The molecular formula is C62H107NO5. The van der Waals surface area contributed by atoms with Crippen LogP contribution in [0.1, 0.15) is 258 Å². The predicted molar refractivity (Wildman–Crippen MR) is 296 cm³/mol. The third-order valence-electron chi connectivity index (χ3n) is 12.4. The zero-order valence-electron chi connectivity index (χ0n) is 44.5. The molecule has 0 rings (SSSR count). The van der Waals surface area contributed by atoms with Crippen molar-refractivity contribution in [3.8, 4) is 0 Å². The fraction of sp³-hybridized carbons (Fsp3) is 0.710. The Morgan fingerprint density at radius 2 is 0.794 bits per heavy atom. The zero-order chi connectivity index (χ0) is 49.5. The Bertz CT molecular complexity index is 1340. The predicted octanol–water partition coefficient (Wildman–Crippen LogP) is 17.7. The number of allylic oxidation sites excluding steroid dienone is 16. The van der Waals surface area contributed by atoms with Crippen LogP contribution in [0.5, 0.6) is 0 Å². The Labute approximate surface area is 420 Å². The van der Waals surface area contributed by atoms with Gasteiger partial charge in [-0.2, -0.15) is 0 Å². The highest BCUT2D eigenvalue weighted by atomic mass is 16.5. The van der Waals surface area contributed by atoms with E-state index in [-0.39, 0.29) is 24.9 Å². The highest BCUT2D eigenvalue weighted by Gasteiger charge is 2.24. The number of hydrogen-bond donors (Lipinski definition) is 3. The first-order valence-electron chi connectivity index (χ1n) is 28.5. The summed E-state index contributed by atoms with van der Waals surface area (Å²) in [5, 5.41) is 23.9. The molecule has 0 spiro atoms. The van der Waals surface area contributed by atoms with Gasteiger partial charge in [0.05, 0.1) is 25.2 Å². The number of unbranched alkanes of at least 4 members (excludes halogenated alkanes) is 22. The number of nitrogens with one attached hydrogen (secondary N) is 1. The molecule has 1 amide bonds. The molecule has 0 saturated carbocycles. The van der Waals surface area contributed by atoms with Crippen LogP contribution in [0.2, 0.25) is 0 Å². The minimum atomic E-state index is -0.806. The summed E-state index contributed by atoms with van der Waals surface area (Å²) < 4.78 is 5.93. The second kappa shape index (κ2) is 54.7. The van der Waals surface area contributed by atoms with E-state index in [1.807, 2.05) is 0 Å². The molecule has 0 fully saturated rings. The van der Waals surface area contributed by atoms with Crippen molar-refractivity contribution in [2.24, 2.45) is 0 Å². The summed E-state index contributed by atoms with van der Waals surface area (Å²) in [7, 11) is 0. The fourth-order valence-corrected chi connectivity index (χ4v) is 8.18. The van der Waals surface area contributed by atoms with Crippen molar-refractivity contribution in [3.05, 3.63) is 97.2 Å². The second-order valence-corrected chi connectivity index (χ2v) is 18.9. The topological polar surface area (TPSA) is 95.9 Å². The van der Waals surface area contributed by atoms with Crippen LogP contribution in [0.3, 0.4) is 0 Å². The van der Waals surface area contributed by atoms with Gasteiger partial charge in [0.25, 0.3) is 0 Å². The molecule has 6 nitrogen and oxygen atoms in total. The number of ether oxygens (including phenoxy) is 1. The van der Waals surface area contributed by atoms with E-state index in [4.69, 9.17) is 4.74 Å². The smallest absolute Gasteiger partial charge is 0.306 e. The van der Waals surface area contributed by atoms with Crippen LogP contribution in [-0.4, -0.2) is 46.9 Å². The molecule has 0 saturated heterocycles. The van der Waals surface area contributed by atoms with Gasteiger partial charge in [0.15, 0.2) is 0 Å². The molecule has 6 heteroatoms. The molecule has 0 aliphatic heterocycles. The van der Waals surface area contributed by atoms with Crippen molar-refractivity contribution in [2.45, 2.75) is 277 Å². The molecule has 0 heterocycles. The van der Waals surface area contributed by atoms with Gasteiger partial charge in [-0.05, 0) is 103 Å². The fourth-order valence-electron chi connectivity index (χ4n) is 8.18. The maximum Gasteiger partial charge on any atom is 0.306 e. The van der Waals surface area contributed by atoms with Gasteiger partial charge in [-0.25, -0.2) is 0 Å². The first-order chi connectivity index (χ1) is 33.5. The number of hydrogen-bond acceptors (Lipinski definition) is 5. The van der Waals surface area contributed by atoms with Gasteiger partial charge in [0.2, 0.25) is 5.91 Å². The Balaban J connectivity index is 4.64. The molecule has 0 aliphatic rings. The number of rotatable bonds is 50. The summed E-state index contributed by atoms with van der Waals surface area (Å²) in [6, 6.07) is -0.723. The Morgan fingerprint density at radius 1 is 0.441 bits per heavy atom. The van der Waals surface area contributed by atoms with E-state index >= 15 is 0 Å². The van der Waals surface area contributed by atoms with Crippen LogP contribution in [0.15, 0.2) is 97.2 Å². The molecular weight excluding hydrogens is 839 g/mol. The summed E-state index contributed by atoms with van der Waals surface area (Å²) in [5.74, 6) is -0.536. The van der Waals surface area contributed by atoms with Crippen LogP contribution in [0, 0.1) is 0 Å². The highest BCUT2D eigenvalue weighted by Crippen LogP contribution is 2.18. The number of carbonyl (C=O) groups excluding carboxylic acids is 2. The average Bonchev–Trinajstić information content (AvgIpc) is 3.33. The van der Waals surface area contributed by atoms with Crippen LogP contribution >= 0.6 is 0 Å². The normalized spacial score (nSPS) is 13.9. The standard InChI is InChI=1S/C62H107NO5/c1-4-7-10-13-16-19-22-25-28-30-31-32-34-37-40-43-46-49-52-55-62(67)68-58(53-50-47-44-41-38-35-27-24-21-18-15-12-9-6-3)56-61(66)63-59(57-64)60(65)54-51-48-45-42-39-36-33-29-26-23-20-17-14-11-8-5-2/h7,9-10,12,16,18-19,21,25,27-28,31-32,35,37,40,58-60,64-65H,4-6,8,11,13-15,17,20,22-24,26,29-30,33-34,36,38-39,41-57H2,1-3H3,(H,63,66)/b10-7-,12-9+,19-16-,21-18+,28-25-,32-31-,35-27+,40-37-. The number of aliphatic hydroxyl groups excluding tert-OH is 2.